The van der Waals surface area contributed by atoms with Crippen LogP contribution in [0.1, 0.15) is 17.5 Å². The van der Waals surface area contributed by atoms with Crippen molar-refractivity contribution in [2.75, 3.05) is 17.1 Å². The number of rotatable bonds is 5. The molecule has 100 valence electrons. The first-order chi connectivity index (χ1) is 8.25. The minimum Gasteiger partial charge on any atom is -0.481 e. The number of carbonyl (C=O) groups is 1. The molecule has 18 heavy (non-hydrogen) atoms. The molecule has 1 rings (SSSR count). The fourth-order valence-electron chi connectivity index (χ4n) is 1.79. The molecule has 0 bridgehead atoms. The average Bonchev–Trinajstić information content (AvgIpc) is 2.26. The molecule has 0 saturated carbocycles. The number of carboxylic acids is 1. The maximum Gasteiger partial charge on any atom is 0.304 e. The fraction of sp³-hybridized carbons (Fsp3) is 0.417. The molecule has 0 heterocycles. The number of nitrogens with zero attached hydrogens (tertiary/aromatic N) is 1. The van der Waals surface area contributed by atoms with Crippen LogP contribution in [0.15, 0.2) is 18.2 Å². The molecule has 0 radical (unpaired) electrons. The van der Waals surface area contributed by atoms with Crippen molar-refractivity contribution in [2.24, 2.45) is 0 Å². The Kier molecular flexibility index (Phi) is 4.34. The topological polar surface area (TPSA) is 74.7 Å². The minimum absolute atomic E-state index is 0.391. The SMILES string of the molecule is Cc1cccc(C)c1N(C)S(=O)(=O)CCC(=O)O. The lowest BCUT2D eigenvalue weighted by atomic mass is 10.1. The Morgan fingerprint density at radius 2 is 1.78 bits per heavy atom. The molecule has 0 aliphatic rings. The lowest BCUT2D eigenvalue weighted by Gasteiger charge is -2.23. The first-order valence-corrected chi connectivity index (χ1v) is 7.11. The third kappa shape index (κ3) is 3.22. The van der Waals surface area contributed by atoms with Gasteiger partial charge in [0.25, 0.3) is 0 Å². The first kappa shape index (κ1) is 14.5. The van der Waals surface area contributed by atoms with E-state index in [1.54, 1.807) is 0 Å². The van der Waals surface area contributed by atoms with Crippen LogP contribution in [-0.2, 0) is 14.8 Å². The van der Waals surface area contributed by atoms with Crippen LogP contribution in [0.2, 0.25) is 0 Å². The highest BCUT2D eigenvalue weighted by molar-refractivity contribution is 7.92. The van der Waals surface area contributed by atoms with E-state index in [9.17, 15) is 13.2 Å². The van der Waals surface area contributed by atoms with Crippen LogP contribution in [0.5, 0.6) is 0 Å². The summed E-state index contributed by atoms with van der Waals surface area (Å²) in [6.07, 6.45) is -0.391. The lowest BCUT2D eigenvalue weighted by molar-refractivity contribution is -0.136. The van der Waals surface area contributed by atoms with E-state index >= 15 is 0 Å². The van der Waals surface area contributed by atoms with Gasteiger partial charge in [-0.05, 0) is 25.0 Å². The summed E-state index contributed by atoms with van der Waals surface area (Å²) in [7, 11) is -2.15. The van der Waals surface area contributed by atoms with Gasteiger partial charge in [-0.1, -0.05) is 18.2 Å². The summed E-state index contributed by atoms with van der Waals surface area (Å²) in [5.41, 5.74) is 2.30. The number of anilines is 1. The van der Waals surface area contributed by atoms with Crippen molar-refractivity contribution in [3.63, 3.8) is 0 Å². The molecule has 0 amide bonds. The van der Waals surface area contributed by atoms with Crippen molar-refractivity contribution in [3.05, 3.63) is 29.3 Å². The van der Waals surface area contributed by atoms with Crippen molar-refractivity contribution in [1.82, 2.24) is 0 Å². The van der Waals surface area contributed by atoms with Gasteiger partial charge in [0.2, 0.25) is 10.0 Å². The molecule has 6 heteroatoms. The molecular weight excluding hydrogens is 254 g/mol. The molecule has 1 aromatic rings. The second kappa shape index (κ2) is 5.39. The number of aliphatic carboxylic acids is 1. The second-order valence-corrected chi connectivity index (χ2v) is 6.29. The molecule has 0 unspecified atom stereocenters. The lowest BCUT2D eigenvalue weighted by Crippen LogP contribution is -2.31. The van der Waals surface area contributed by atoms with Crippen molar-refractivity contribution in [1.29, 1.82) is 0 Å². The largest absolute Gasteiger partial charge is 0.481 e. The molecule has 1 N–H and O–H groups in total. The maximum absolute atomic E-state index is 12.0. The van der Waals surface area contributed by atoms with Gasteiger partial charge >= 0.3 is 5.97 Å². The highest BCUT2D eigenvalue weighted by Crippen LogP contribution is 2.25. The molecule has 0 aliphatic carbocycles. The Labute approximate surface area is 107 Å². The number of hydrogen-bond acceptors (Lipinski definition) is 3. The van der Waals surface area contributed by atoms with E-state index in [0.29, 0.717) is 5.69 Å². The number of para-hydroxylation sites is 1. The molecule has 5 nitrogen and oxygen atoms in total. The van der Waals surface area contributed by atoms with Gasteiger partial charge < -0.3 is 5.11 Å². The summed E-state index contributed by atoms with van der Waals surface area (Å²) in [4.78, 5) is 10.5. The number of sulfonamides is 1. The zero-order valence-corrected chi connectivity index (χ0v) is 11.5. The first-order valence-electron chi connectivity index (χ1n) is 5.50. The van der Waals surface area contributed by atoms with Crippen molar-refractivity contribution in [2.45, 2.75) is 20.3 Å². The number of benzene rings is 1. The summed E-state index contributed by atoms with van der Waals surface area (Å²) in [6.45, 7) is 3.65. The minimum atomic E-state index is -3.60. The van der Waals surface area contributed by atoms with Crippen LogP contribution in [0.4, 0.5) is 5.69 Å². The van der Waals surface area contributed by atoms with Crippen LogP contribution >= 0.6 is 0 Å². The fourth-order valence-corrected chi connectivity index (χ4v) is 3.07. The van der Waals surface area contributed by atoms with Gasteiger partial charge in [0.15, 0.2) is 0 Å². The molecule has 0 spiro atoms. The zero-order chi connectivity index (χ0) is 13.9. The summed E-state index contributed by atoms with van der Waals surface area (Å²) in [5, 5.41) is 8.56. The van der Waals surface area contributed by atoms with Crippen LogP contribution in [-0.4, -0.2) is 32.3 Å². The number of aryl methyl sites for hydroxylation is 2. The summed E-state index contributed by atoms with van der Waals surface area (Å²) < 4.78 is 25.2. The predicted molar refractivity (Wildman–Crippen MR) is 70.4 cm³/mol. The van der Waals surface area contributed by atoms with Gasteiger partial charge in [-0.2, -0.15) is 0 Å². The van der Waals surface area contributed by atoms with E-state index < -0.39 is 28.2 Å². The monoisotopic (exact) mass is 271 g/mol. The maximum atomic E-state index is 12.0. The highest BCUT2D eigenvalue weighted by Gasteiger charge is 2.22. The van der Waals surface area contributed by atoms with Crippen LogP contribution < -0.4 is 4.31 Å². The smallest absolute Gasteiger partial charge is 0.304 e. The van der Waals surface area contributed by atoms with Gasteiger partial charge in [-0.3, -0.25) is 9.10 Å². The standard InChI is InChI=1S/C12H17NO4S/c1-9-5-4-6-10(2)12(9)13(3)18(16,17)8-7-11(14)15/h4-6H,7-8H2,1-3H3,(H,14,15). The average molecular weight is 271 g/mol. The van der Waals surface area contributed by atoms with E-state index in [0.717, 1.165) is 11.1 Å². The van der Waals surface area contributed by atoms with Crippen LogP contribution in [0, 0.1) is 13.8 Å². The van der Waals surface area contributed by atoms with Gasteiger partial charge in [-0.25, -0.2) is 8.42 Å². The third-order valence-corrected chi connectivity index (χ3v) is 4.48. The highest BCUT2D eigenvalue weighted by atomic mass is 32.2. The predicted octanol–water partition coefficient (Wildman–Crippen LogP) is 1.54. The molecule has 0 fully saturated rings. The summed E-state index contributed by atoms with van der Waals surface area (Å²) in [6, 6.07) is 5.50. The van der Waals surface area contributed by atoms with Crippen molar-refractivity contribution in [3.8, 4) is 0 Å². The Morgan fingerprint density at radius 3 is 2.22 bits per heavy atom. The molecule has 0 saturated heterocycles. The van der Waals surface area contributed by atoms with E-state index in [-0.39, 0.29) is 0 Å². The Morgan fingerprint density at radius 1 is 1.28 bits per heavy atom. The zero-order valence-electron chi connectivity index (χ0n) is 10.7. The van der Waals surface area contributed by atoms with Crippen LogP contribution in [0.3, 0.4) is 0 Å². The Bertz CT molecular complexity index is 531. The normalized spacial score (nSPS) is 11.3. The van der Waals surface area contributed by atoms with E-state index in [2.05, 4.69) is 0 Å². The van der Waals surface area contributed by atoms with Gasteiger partial charge in [0.05, 0.1) is 17.9 Å². The van der Waals surface area contributed by atoms with Gasteiger partial charge in [0.1, 0.15) is 0 Å². The Balaban J connectivity index is 3.06. The van der Waals surface area contributed by atoms with Gasteiger partial charge in [0, 0.05) is 7.05 Å². The third-order valence-electron chi connectivity index (χ3n) is 2.75. The quantitative estimate of drug-likeness (QED) is 0.881. The molecular formula is C12H17NO4S. The molecule has 0 aromatic heterocycles. The molecule has 0 atom stereocenters. The molecule has 0 aliphatic heterocycles. The van der Waals surface area contributed by atoms with E-state index in [1.807, 2.05) is 32.0 Å². The van der Waals surface area contributed by atoms with Crippen molar-refractivity contribution >= 4 is 21.7 Å². The summed E-state index contributed by atoms with van der Waals surface area (Å²) >= 11 is 0. The van der Waals surface area contributed by atoms with Crippen LogP contribution in [0.25, 0.3) is 0 Å². The number of hydrogen-bond donors (Lipinski definition) is 1. The Hall–Kier alpha value is -1.56. The van der Waals surface area contributed by atoms with E-state index in [4.69, 9.17) is 5.11 Å². The van der Waals surface area contributed by atoms with Gasteiger partial charge in [-0.15, -0.1) is 0 Å². The van der Waals surface area contributed by atoms with Crippen molar-refractivity contribution < 1.29 is 18.3 Å². The second-order valence-electron chi connectivity index (χ2n) is 4.17. The summed E-state index contributed by atoms with van der Waals surface area (Å²) in [5.74, 6) is -1.51. The van der Waals surface area contributed by atoms with E-state index in [1.165, 1.54) is 11.4 Å². The number of carboxylic acid groups (broad SMARTS) is 1. The molecule has 1 aromatic carbocycles.